The van der Waals surface area contributed by atoms with Gasteiger partial charge < -0.3 is 15.1 Å². The predicted octanol–water partition coefficient (Wildman–Crippen LogP) is 0.687. The quantitative estimate of drug-likeness (QED) is 0.786. The van der Waals surface area contributed by atoms with Crippen LogP contribution in [0.4, 0.5) is 0 Å². The Morgan fingerprint density at radius 3 is 2.50 bits per heavy atom. The molecule has 0 radical (unpaired) electrons. The van der Waals surface area contributed by atoms with Crippen LogP contribution in [0.1, 0.15) is 11.5 Å². The van der Waals surface area contributed by atoms with Gasteiger partial charge >= 0.3 is 0 Å². The van der Waals surface area contributed by atoms with Crippen molar-refractivity contribution in [2.24, 2.45) is 5.92 Å². The third kappa shape index (κ3) is 2.43. The van der Waals surface area contributed by atoms with Crippen LogP contribution in [0.2, 0.25) is 0 Å². The number of hydrogen-bond donors (Lipinski definition) is 2. The third-order valence-corrected chi connectivity index (χ3v) is 3.40. The first-order valence-electron chi connectivity index (χ1n) is 5.84. The number of β-amino-alcohol motifs (C(OH)–C–C–N with tert-alkyl or cyclic N) is 1. The SMILES string of the molecule is OCCN1CC(CO)C(c2ccccc2)C1. The molecule has 16 heavy (non-hydrogen) atoms. The Bertz CT molecular complexity index is 315. The molecule has 2 N–H and O–H groups in total. The number of rotatable bonds is 4. The summed E-state index contributed by atoms with van der Waals surface area (Å²) in [5, 5.41) is 18.3. The number of hydrogen-bond acceptors (Lipinski definition) is 3. The fourth-order valence-electron chi connectivity index (χ4n) is 2.55. The van der Waals surface area contributed by atoms with Crippen LogP contribution in [-0.2, 0) is 0 Å². The van der Waals surface area contributed by atoms with Crippen molar-refractivity contribution in [2.45, 2.75) is 5.92 Å². The minimum absolute atomic E-state index is 0.194. The first kappa shape index (κ1) is 11.6. The van der Waals surface area contributed by atoms with E-state index in [0.717, 1.165) is 13.1 Å². The van der Waals surface area contributed by atoms with Crippen molar-refractivity contribution in [3.05, 3.63) is 35.9 Å². The summed E-state index contributed by atoms with van der Waals surface area (Å²) in [5.41, 5.74) is 1.29. The third-order valence-electron chi connectivity index (χ3n) is 3.40. The minimum atomic E-state index is 0.194. The number of aliphatic hydroxyl groups is 2. The summed E-state index contributed by atoms with van der Waals surface area (Å²) in [7, 11) is 0. The van der Waals surface area contributed by atoms with Crippen molar-refractivity contribution < 1.29 is 10.2 Å². The maximum atomic E-state index is 9.39. The predicted molar refractivity (Wildman–Crippen MR) is 63.3 cm³/mol. The second-order valence-corrected chi connectivity index (χ2v) is 4.44. The van der Waals surface area contributed by atoms with Crippen LogP contribution >= 0.6 is 0 Å². The van der Waals surface area contributed by atoms with Gasteiger partial charge in [-0.3, -0.25) is 0 Å². The van der Waals surface area contributed by atoms with Gasteiger partial charge in [-0.25, -0.2) is 0 Å². The summed E-state index contributed by atoms with van der Waals surface area (Å²) < 4.78 is 0. The van der Waals surface area contributed by atoms with E-state index in [2.05, 4.69) is 17.0 Å². The van der Waals surface area contributed by atoms with Crippen molar-refractivity contribution in [1.29, 1.82) is 0 Å². The van der Waals surface area contributed by atoms with E-state index in [-0.39, 0.29) is 13.2 Å². The zero-order valence-corrected chi connectivity index (χ0v) is 9.42. The largest absolute Gasteiger partial charge is 0.396 e. The number of likely N-dealkylation sites (tertiary alicyclic amines) is 1. The van der Waals surface area contributed by atoms with Crippen molar-refractivity contribution in [2.75, 3.05) is 32.8 Å². The Balaban J connectivity index is 2.09. The van der Waals surface area contributed by atoms with E-state index < -0.39 is 0 Å². The molecule has 88 valence electrons. The van der Waals surface area contributed by atoms with Crippen LogP contribution < -0.4 is 0 Å². The van der Waals surface area contributed by atoms with Crippen LogP contribution in [-0.4, -0.2) is 48.0 Å². The van der Waals surface area contributed by atoms with E-state index >= 15 is 0 Å². The molecule has 1 aliphatic heterocycles. The summed E-state index contributed by atoms with van der Waals surface area (Å²) in [6.07, 6.45) is 0. The highest BCUT2D eigenvalue weighted by molar-refractivity contribution is 5.22. The fourth-order valence-corrected chi connectivity index (χ4v) is 2.55. The normalized spacial score (nSPS) is 26.1. The highest BCUT2D eigenvalue weighted by Gasteiger charge is 2.32. The molecule has 0 aromatic heterocycles. The van der Waals surface area contributed by atoms with Crippen LogP contribution in [0.5, 0.6) is 0 Å². The maximum absolute atomic E-state index is 9.39. The molecule has 1 aliphatic rings. The van der Waals surface area contributed by atoms with Gasteiger partial charge in [0.2, 0.25) is 0 Å². The van der Waals surface area contributed by atoms with Crippen molar-refractivity contribution in [3.63, 3.8) is 0 Å². The van der Waals surface area contributed by atoms with Crippen molar-refractivity contribution in [1.82, 2.24) is 4.90 Å². The van der Waals surface area contributed by atoms with E-state index in [1.165, 1.54) is 5.56 Å². The van der Waals surface area contributed by atoms with Crippen LogP contribution in [0.25, 0.3) is 0 Å². The molecule has 0 amide bonds. The Labute approximate surface area is 96.3 Å². The lowest BCUT2D eigenvalue weighted by Gasteiger charge is -2.16. The van der Waals surface area contributed by atoms with Gasteiger partial charge in [0.05, 0.1) is 6.61 Å². The van der Waals surface area contributed by atoms with Gasteiger partial charge in [-0.05, 0) is 5.56 Å². The number of aliphatic hydroxyl groups excluding tert-OH is 2. The Morgan fingerprint density at radius 2 is 1.88 bits per heavy atom. The fraction of sp³-hybridized carbons (Fsp3) is 0.538. The lowest BCUT2D eigenvalue weighted by atomic mass is 9.90. The molecule has 1 aromatic rings. The summed E-state index contributed by atoms with van der Waals surface area (Å²) in [4.78, 5) is 2.22. The Kier molecular flexibility index (Phi) is 3.93. The van der Waals surface area contributed by atoms with Gasteiger partial charge in [0.1, 0.15) is 0 Å². The molecule has 0 aliphatic carbocycles. The van der Waals surface area contributed by atoms with Gasteiger partial charge in [-0.1, -0.05) is 30.3 Å². The Hall–Kier alpha value is -0.900. The molecular weight excluding hydrogens is 202 g/mol. The monoisotopic (exact) mass is 221 g/mol. The summed E-state index contributed by atoms with van der Waals surface area (Å²) in [6.45, 7) is 2.95. The van der Waals surface area contributed by atoms with Crippen LogP contribution in [0, 0.1) is 5.92 Å². The topological polar surface area (TPSA) is 43.7 Å². The van der Waals surface area contributed by atoms with Crippen molar-refractivity contribution in [3.8, 4) is 0 Å². The van der Waals surface area contributed by atoms with Gasteiger partial charge in [0.15, 0.2) is 0 Å². The van der Waals surface area contributed by atoms with E-state index in [9.17, 15) is 5.11 Å². The molecule has 0 saturated carbocycles. The van der Waals surface area contributed by atoms with Gasteiger partial charge in [-0.15, -0.1) is 0 Å². The van der Waals surface area contributed by atoms with Crippen LogP contribution in [0.15, 0.2) is 30.3 Å². The van der Waals surface area contributed by atoms with E-state index in [1.807, 2.05) is 18.2 Å². The highest BCUT2D eigenvalue weighted by atomic mass is 16.3. The smallest absolute Gasteiger partial charge is 0.0558 e. The summed E-state index contributed by atoms with van der Waals surface area (Å²) in [6, 6.07) is 10.3. The van der Waals surface area contributed by atoms with E-state index in [1.54, 1.807) is 0 Å². The standard InChI is InChI=1S/C13H19NO2/c15-7-6-14-8-12(10-16)13(9-14)11-4-2-1-3-5-11/h1-5,12-13,15-16H,6-10H2. The summed E-state index contributed by atoms with van der Waals surface area (Å²) in [5.74, 6) is 0.701. The zero-order chi connectivity index (χ0) is 11.4. The molecule has 2 rings (SSSR count). The summed E-state index contributed by atoms with van der Waals surface area (Å²) >= 11 is 0. The molecule has 3 heteroatoms. The average molecular weight is 221 g/mol. The molecule has 1 saturated heterocycles. The molecule has 1 aromatic carbocycles. The maximum Gasteiger partial charge on any atom is 0.0558 e. The lowest BCUT2D eigenvalue weighted by Crippen LogP contribution is -2.24. The molecular formula is C13H19NO2. The minimum Gasteiger partial charge on any atom is -0.396 e. The van der Waals surface area contributed by atoms with E-state index in [0.29, 0.717) is 18.4 Å². The zero-order valence-electron chi connectivity index (χ0n) is 9.42. The molecule has 3 nitrogen and oxygen atoms in total. The highest BCUT2D eigenvalue weighted by Crippen LogP contribution is 2.31. The Morgan fingerprint density at radius 1 is 1.12 bits per heavy atom. The molecule has 1 heterocycles. The molecule has 2 atom stereocenters. The number of benzene rings is 1. The van der Waals surface area contributed by atoms with Crippen molar-refractivity contribution >= 4 is 0 Å². The molecule has 1 fully saturated rings. The van der Waals surface area contributed by atoms with Gasteiger partial charge in [-0.2, -0.15) is 0 Å². The molecule has 2 unspecified atom stereocenters. The second-order valence-electron chi connectivity index (χ2n) is 4.44. The van der Waals surface area contributed by atoms with Gasteiger partial charge in [0.25, 0.3) is 0 Å². The average Bonchev–Trinajstić information content (AvgIpc) is 2.74. The first-order valence-corrected chi connectivity index (χ1v) is 5.84. The van der Waals surface area contributed by atoms with Gasteiger partial charge in [0, 0.05) is 38.1 Å². The molecule has 0 spiro atoms. The number of nitrogens with zero attached hydrogens (tertiary/aromatic N) is 1. The second kappa shape index (κ2) is 5.43. The van der Waals surface area contributed by atoms with E-state index in [4.69, 9.17) is 5.11 Å². The molecule has 0 bridgehead atoms. The first-order chi connectivity index (χ1) is 7.85. The van der Waals surface area contributed by atoms with Crippen LogP contribution in [0.3, 0.4) is 0 Å². The lowest BCUT2D eigenvalue weighted by molar-refractivity contribution is 0.195.